The van der Waals surface area contributed by atoms with E-state index in [1.54, 1.807) is 0 Å². The lowest BCUT2D eigenvalue weighted by atomic mass is 9.60. The summed E-state index contributed by atoms with van der Waals surface area (Å²) in [7, 11) is 16.0. The predicted molar refractivity (Wildman–Crippen MR) is 79.7 cm³/mol. The SMILES string of the molecule is [B]C([B])(OC)C1O[C@@H](n2ccc(N)nc2=O)[C@H](OC)[C@@H]1OC. The van der Waals surface area contributed by atoms with Crippen LogP contribution in [0.15, 0.2) is 17.1 Å². The van der Waals surface area contributed by atoms with Crippen molar-refractivity contribution in [2.45, 2.75) is 29.9 Å². The topological polar surface area (TPSA) is 97.8 Å². The summed E-state index contributed by atoms with van der Waals surface area (Å²) < 4.78 is 22.9. The van der Waals surface area contributed by atoms with Crippen LogP contribution in [-0.2, 0) is 18.9 Å². The highest BCUT2D eigenvalue weighted by Gasteiger charge is 2.52. The van der Waals surface area contributed by atoms with Crippen molar-refractivity contribution in [3.63, 3.8) is 0 Å². The first-order valence-corrected chi connectivity index (χ1v) is 6.54. The number of ether oxygens (including phenoxy) is 4. The summed E-state index contributed by atoms with van der Waals surface area (Å²) in [6, 6.07) is 1.47. The number of hydrogen-bond acceptors (Lipinski definition) is 7. The number of hydrogen-bond donors (Lipinski definition) is 1. The van der Waals surface area contributed by atoms with E-state index >= 15 is 0 Å². The molecule has 0 spiro atoms. The Kier molecular flexibility index (Phi) is 4.96. The Bertz CT molecular complexity index is 582. The molecule has 116 valence electrons. The second-order valence-corrected chi connectivity index (χ2v) is 4.95. The number of nitrogens with zero attached hydrogens (tertiary/aromatic N) is 2. The van der Waals surface area contributed by atoms with Crippen LogP contribution in [0.2, 0.25) is 0 Å². The van der Waals surface area contributed by atoms with Gasteiger partial charge < -0.3 is 24.7 Å². The van der Waals surface area contributed by atoms with Crippen LogP contribution >= 0.6 is 0 Å². The van der Waals surface area contributed by atoms with Crippen molar-refractivity contribution in [1.82, 2.24) is 9.55 Å². The van der Waals surface area contributed by atoms with Crippen molar-refractivity contribution < 1.29 is 18.9 Å². The Balaban J connectivity index is 2.42. The molecule has 0 aromatic carbocycles. The van der Waals surface area contributed by atoms with Crippen LogP contribution in [0.5, 0.6) is 0 Å². The molecule has 1 aromatic heterocycles. The number of aromatic nitrogens is 2. The molecule has 1 aromatic rings. The highest BCUT2D eigenvalue weighted by Crippen LogP contribution is 2.36. The quantitative estimate of drug-likeness (QED) is 0.654. The van der Waals surface area contributed by atoms with E-state index in [4.69, 9.17) is 40.4 Å². The van der Waals surface area contributed by atoms with Crippen LogP contribution in [0.4, 0.5) is 5.82 Å². The number of nitrogens with two attached hydrogens (primary N) is 1. The molecule has 2 rings (SSSR count). The lowest BCUT2D eigenvalue weighted by Gasteiger charge is -2.34. The van der Waals surface area contributed by atoms with Crippen molar-refractivity contribution in [2.75, 3.05) is 27.1 Å². The zero-order valence-electron chi connectivity index (χ0n) is 12.6. The lowest BCUT2D eigenvalue weighted by molar-refractivity contribution is -0.0920. The Morgan fingerprint density at radius 2 is 1.95 bits per heavy atom. The van der Waals surface area contributed by atoms with Crippen LogP contribution in [0.25, 0.3) is 0 Å². The lowest BCUT2D eigenvalue weighted by Crippen LogP contribution is -2.52. The third-order valence-corrected chi connectivity index (χ3v) is 3.66. The highest BCUT2D eigenvalue weighted by atomic mass is 16.6. The second kappa shape index (κ2) is 6.41. The minimum atomic E-state index is -1.61. The number of methoxy groups -OCH3 is 3. The van der Waals surface area contributed by atoms with Gasteiger partial charge in [0.05, 0.1) is 0 Å². The molecule has 0 aliphatic carbocycles. The summed E-state index contributed by atoms with van der Waals surface area (Å²) in [4.78, 5) is 15.7. The molecule has 1 unspecified atom stereocenters. The summed E-state index contributed by atoms with van der Waals surface area (Å²) in [5.41, 5.74) is 4.90. The minimum Gasteiger partial charge on any atom is -0.395 e. The van der Waals surface area contributed by atoms with Crippen molar-refractivity contribution in [3.8, 4) is 0 Å². The van der Waals surface area contributed by atoms with Gasteiger partial charge in [0.1, 0.15) is 39.8 Å². The average molecular weight is 305 g/mol. The first-order chi connectivity index (χ1) is 10.4. The smallest absolute Gasteiger partial charge is 0.351 e. The maximum absolute atomic E-state index is 12.0. The van der Waals surface area contributed by atoms with Crippen molar-refractivity contribution in [2.24, 2.45) is 0 Å². The fraction of sp³-hybridized carbons (Fsp3) is 0.667. The molecule has 8 nitrogen and oxygen atoms in total. The summed E-state index contributed by atoms with van der Waals surface area (Å²) in [6.45, 7) is 0. The van der Waals surface area contributed by atoms with Crippen LogP contribution in [-0.4, -0.2) is 70.3 Å². The van der Waals surface area contributed by atoms with E-state index in [1.807, 2.05) is 0 Å². The molecule has 1 aliphatic heterocycles. The fourth-order valence-electron chi connectivity index (χ4n) is 2.47. The first kappa shape index (κ1) is 17.0. The Hall–Kier alpha value is -1.35. The van der Waals surface area contributed by atoms with E-state index in [2.05, 4.69) is 4.98 Å². The van der Waals surface area contributed by atoms with Gasteiger partial charge in [0.2, 0.25) is 0 Å². The van der Waals surface area contributed by atoms with Gasteiger partial charge in [0, 0.05) is 32.9 Å². The molecule has 4 radical (unpaired) electrons. The van der Waals surface area contributed by atoms with E-state index in [1.165, 1.54) is 38.2 Å². The average Bonchev–Trinajstić information content (AvgIpc) is 2.86. The van der Waals surface area contributed by atoms with Crippen molar-refractivity contribution in [3.05, 3.63) is 22.7 Å². The normalized spacial score (nSPS) is 28.9. The molecular formula is C12H17B2N3O5. The van der Waals surface area contributed by atoms with Gasteiger partial charge in [-0.1, -0.05) is 0 Å². The number of anilines is 1. The maximum atomic E-state index is 12.0. The van der Waals surface area contributed by atoms with Gasteiger partial charge in [-0.2, -0.15) is 4.98 Å². The third-order valence-electron chi connectivity index (χ3n) is 3.66. The Labute approximate surface area is 130 Å². The van der Waals surface area contributed by atoms with Gasteiger partial charge >= 0.3 is 5.69 Å². The van der Waals surface area contributed by atoms with Crippen molar-refractivity contribution >= 4 is 21.5 Å². The molecular weight excluding hydrogens is 288 g/mol. The molecule has 1 fully saturated rings. The Morgan fingerprint density at radius 1 is 1.32 bits per heavy atom. The molecule has 0 amide bonds. The molecule has 2 heterocycles. The molecule has 0 bridgehead atoms. The summed E-state index contributed by atoms with van der Waals surface area (Å²) in [6.07, 6.45) is -1.52. The van der Waals surface area contributed by atoms with Crippen LogP contribution < -0.4 is 11.4 Å². The molecule has 2 N–H and O–H groups in total. The Morgan fingerprint density at radius 3 is 2.45 bits per heavy atom. The van der Waals surface area contributed by atoms with Gasteiger partial charge in [-0.05, 0) is 6.07 Å². The van der Waals surface area contributed by atoms with Crippen LogP contribution in [0.3, 0.4) is 0 Å². The molecule has 1 aliphatic rings. The third kappa shape index (κ3) is 2.91. The molecule has 4 atom stereocenters. The van der Waals surface area contributed by atoms with Crippen LogP contribution in [0.1, 0.15) is 6.23 Å². The van der Waals surface area contributed by atoms with Gasteiger partial charge in [0.25, 0.3) is 0 Å². The van der Waals surface area contributed by atoms with Crippen LogP contribution in [0, 0.1) is 0 Å². The monoisotopic (exact) mass is 305 g/mol. The number of rotatable bonds is 5. The van der Waals surface area contributed by atoms with E-state index in [0.29, 0.717) is 0 Å². The number of nitrogen functional groups attached to an aromatic ring is 1. The largest absolute Gasteiger partial charge is 0.395 e. The van der Waals surface area contributed by atoms with E-state index in [0.717, 1.165) is 0 Å². The van der Waals surface area contributed by atoms with Gasteiger partial charge in [0.15, 0.2) is 6.23 Å². The molecule has 22 heavy (non-hydrogen) atoms. The second-order valence-electron chi connectivity index (χ2n) is 4.95. The van der Waals surface area contributed by atoms with Crippen molar-refractivity contribution in [1.29, 1.82) is 0 Å². The highest BCUT2D eigenvalue weighted by molar-refractivity contribution is 6.39. The fourth-order valence-corrected chi connectivity index (χ4v) is 2.47. The summed E-state index contributed by atoms with van der Waals surface area (Å²) in [5, 5.41) is -1.61. The first-order valence-electron chi connectivity index (χ1n) is 6.54. The zero-order valence-corrected chi connectivity index (χ0v) is 12.6. The molecule has 10 heteroatoms. The predicted octanol–water partition coefficient (Wildman–Crippen LogP) is -1.61. The van der Waals surface area contributed by atoms with E-state index < -0.39 is 35.6 Å². The summed E-state index contributed by atoms with van der Waals surface area (Å²) >= 11 is 0. The van der Waals surface area contributed by atoms with Gasteiger partial charge in [-0.25, -0.2) is 4.79 Å². The van der Waals surface area contributed by atoms with E-state index in [-0.39, 0.29) is 5.82 Å². The molecule has 1 saturated heterocycles. The maximum Gasteiger partial charge on any atom is 0.351 e. The zero-order chi connectivity index (χ0) is 16.5. The molecule has 0 saturated carbocycles. The van der Waals surface area contributed by atoms with Gasteiger partial charge in [-0.3, -0.25) is 4.57 Å². The summed E-state index contributed by atoms with van der Waals surface area (Å²) in [5.74, 6) is 0.108. The minimum absolute atomic E-state index is 0.108. The van der Waals surface area contributed by atoms with E-state index in [9.17, 15) is 4.79 Å². The standard InChI is InChI=1S/C12H17B2N3O5/c1-19-7-8(20-2)10(22-9(7)12(13,14)21-3)17-5-4-6(15)16-11(17)18/h4-5,7-10H,1-3H3,(H2,15,16,18)/t7-,8+,9?,10+/m0/s1. The van der Waals surface area contributed by atoms with Gasteiger partial charge in [-0.15, -0.1) is 0 Å².